The molecule has 1 rings (SSSR count). The molecule has 0 unspecified atom stereocenters. The monoisotopic (exact) mass is 140 g/mol. The highest BCUT2D eigenvalue weighted by Crippen LogP contribution is 2.12. The van der Waals surface area contributed by atoms with Gasteiger partial charge in [-0.3, -0.25) is 0 Å². The summed E-state index contributed by atoms with van der Waals surface area (Å²) in [6, 6.07) is 6.76. The van der Waals surface area contributed by atoms with Crippen molar-refractivity contribution in [1.82, 2.24) is 0 Å². The van der Waals surface area contributed by atoms with Crippen LogP contribution in [-0.4, -0.2) is 12.1 Å². The van der Waals surface area contributed by atoms with Gasteiger partial charge in [-0.2, -0.15) is 0 Å². The van der Waals surface area contributed by atoms with Crippen LogP contribution in [0.4, 0.5) is 5.69 Å². The number of nitrogens with one attached hydrogen (secondary N) is 1. The van der Waals surface area contributed by atoms with Crippen molar-refractivity contribution in [2.45, 2.75) is 6.61 Å². The Morgan fingerprint density at radius 1 is 1.60 bits per heavy atom. The molecule has 0 heterocycles. The molecule has 1 aromatic rings. The Balaban J connectivity index is 2.87. The van der Waals surface area contributed by atoms with E-state index in [1.165, 1.54) is 0 Å². The summed E-state index contributed by atoms with van der Waals surface area (Å²) in [5.74, 6) is 0. The summed E-state index contributed by atoms with van der Waals surface area (Å²) in [6.07, 6.45) is 0. The predicted octanol–water partition coefficient (Wildman–Crippen LogP) is 1.22. The fourth-order valence-corrected chi connectivity index (χ4v) is 0.780. The molecule has 0 aliphatic carbocycles. The summed E-state index contributed by atoms with van der Waals surface area (Å²) < 4.78 is 20.9. The number of hydrogen-bond acceptors (Lipinski definition) is 2. The third-order valence-corrected chi connectivity index (χ3v) is 1.32. The highest BCUT2D eigenvalue weighted by Gasteiger charge is 1.94. The maximum Gasteiger partial charge on any atom is 0.0701 e. The molecular weight excluding hydrogens is 126 g/mol. The minimum absolute atomic E-state index is 0.167. The van der Waals surface area contributed by atoms with Crippen LogP contribution < -0.4 is 5.32 Å². The summed E-state index contributed by atoms with van der Waals surface area (Å²) in [4.78, 5) is 0. The highest BCUT2D eigenvalue weighted by molar-refractivity contribution is 5.49. The number of rotatable bonds is 2. The lowest BCUT2D eigenvalue weighted by Crippen LogP contribution is -1.93. The molecule has 0 saturated heterocycles. The van der Waals surface area contributed by atoms with Gasteiger partial charge in [-0.05, 0) is 6.07 Å². The zero-order chi connectivity index (χ0) is 9.90. The van der Waals surface area contributed by atoms with E-state index in [-0.39, 0.29) is 6.61 Å². The van der Waals surface area contributed by atoms with E-state index in [9.17, 15) is 0 Å². The first-order valence-corrected chi connectivity index (χ1v) is 3.00. The topological polar surface area (TPSA) is 32.3 Å². The second kappa shape index (κ2) is 3.22. The maximum absolute atomic E-state index is 8.89. The van der Waals surface area contributed by atoms with Crippen LogP contribution in [0.2, 0.25) is 0 Å². The molecule has 0 amide bonds. The van der Waals surface area contributed by atoms with Gasteiger partial charge in [0.2, 0.25) is 0 Å². The summed E-state index contributed by atoms with van der Waals surface area (Å²) in [5.41, 5.74) is 1.03. The van der Waals surface area contributed by atoms with Gasteiger partial charge in [-0.15, -0.1) is 0 Å². The average molecular weight is 140 g/mol. The van der Waals surface area contributed by atoms with Crippen molar-refractivity contribution in [3.8, 4) is 0 Å². The number of anilines is 1. The van der Waals surface area contributed by atoms with Gasteiger partial charge in [-0.25, -0.2) is 0 Å². The quantitative estimate of drug-likeness (QED) is 0.647. The molecule has 0 aromatic heterocycles. The van der Waals surface area contributed by atoms with Crippen LogP contribution in [-0.2, 0) is 6.61 Å². The lowest BCUT2D eigenvalue weighted by atomic mass is 10.2. The van der Waals surface area contributed by atoms with E-state index >= 15 is 0 Å². The Labute approximate surface area is 64.7 Å². The van der Waals surface area contributed by atoms with Crippen LogP contribution in [0.1, 0.15) is 9.68 Å². The van der Waals surface area contributed by atoms with Gasteiger partial charge in [0.15, 0.2) is 0 Å². The Bertz CT molecular complexity index is 285. The lowest BCUT2D eigenvalue weighted by molar-refractivity contribution is 0.282. The number of benzene rings is 1. The zero-order valence-corrected chi connectivity index (χ0v) is 5.46. The fourth-order valence-electron chi connectivity index (χ4n) is 0.780. The molecule has 1 aromatic carbocycles. The van der Waals surface area contributed by atoms with Crippen molar-refractivity contribution in [2.75, 3.05) is 12.3 Å². The third-order valence-electron chi connectivity index (χ3n) is 1.32. The van der Waals surface area contributed by atoms with E-state index < -0.39 is 6.98 Å². The third kappa shape index (κ3) is 1.28. The van der Waals surface area contributed by atoms with E-state index in [2.05, 4.69) is 5.32 Å². The minimum Gasteiger partial charge on any atom is -0.392 e. The molecule has 2 nitrogen and oxygen atoms in total. The van der Waals surface area contributed by atoms with E-state index in [1.54, 1.807) is 24.3 Å². The van der Waals surface area contributed by atoms with Crippen molar-refractivity contribution in [2.24, 2.45) is 0 Å². The predicted molar refractivity (Wildman–Crippen MR) is 41.9 cm³/mol. The summed E-state index contributed by atoms with van der Waals surface area (Å²) in [6.45, 7) is -2.38. The second-order valence-corrected chi connectivity index (χ2v) is 1.94. The van der Waals surface area contributed by atoms with Gasteiger partial charge < -0.3 is 10.4 Å². The summed E-state index contributed by atoms with van der Waals surface area (Å²) in [5, 5.41) is 11.2. The van der Waals surface area contributed by atoms with E-state index in [4.69, 9.17) is 9.22 Å². The molecule has 0 aliphatic rings. The number of hydrogen-bond donors (Lipinski definition) is 2. The molecule has 0 fully saturated rings. The number of aliphatic hydroxyl groups excluding tert-OH is 1. The largest absolute Gasteiger partial charge is 0.392 e. The number of aliphatic hydroxyl groups is 1. The second-order valence-electron chi connectivity index (χ2n) is 1.94. The fraction of sp³-hybridized carbons (Fsp3) is 0.250. The van der Waals surface area contributed by atoms with Gasteiger partial charge in [0, 0.05) is 22.3 Å². The van der Waals surface area contributed by atoms with Crippen molar-refractivity contribution < 1.29 is 9.22 Å². The van der Waals surface area contributed by atoms with Crippen LogP contribution in [0.3, 0.4) is 0 Å². The lowest BCUT2D eigenvalue weighted by Gasteiger charge is -2.04. The molecular formula is C8H11NO. The van der Waals surface area contributed by atoms with E-state index in [1.807, 2.05) is 0 Å². The van der Waals surface area contributed by atoms with E-state index in [0.717, 1.165) is 0 Å². The highest BCUT2D eigenvalue weighted by atomic mass is 16.3. The Kier molecular flexibility index (Phi) is 1.28. The minimum atomic E-state index is -2.22. The Hall–Kier alpha value is -1.02. The molecule has 54 valence electrons. The van der Waals surface area contributed by atoms with Gasteiger partial charge in [-0.1, -0.05) is 18.2 Å². The molecule has 2 heteroatoms. The standard InChI is InChI=1S/C8H11NO/c1-9-8-5-3-2-4-7(8)6-10/h2-5,9-10H,6H2,1H3/i1D3. The van der Waals surface area contributed by atoms with Crippen LogP contribution in [0.15, 0.2) is 24.3 Å². The van der Waals surface area contributed by atoms with Crippen molar-refractivity contribution in [1.29, 1.82) is 0 Å². The summed E-state index contributed by atoms with van der Waals surface area (Å²) >= 11 is 0. The molecule has 0 spiro atoms. The molecule has 0 atom stereocenters. The Morgan fingerprint density at radius 3 is 3.10 bits per heavy atom. The smallest absolute Gasteiger partial charge is 0.0701 e. The maximum atomic E-state index is 8.89. The van der Waals surface area contributed by atoms with E-state index in [0.29, 0.717) is 11.3 Å². The van der Waals surface area contributed by atoms with Gasteiger partial charge in [0.05, 0.1) is 6.61 Å². The molecule has 0 saturated carbocycles. The van der Waals surface area contributed by atoms with Gasteiger partial charge >= 0.3 is 0 Å². The van der Waals surface area contributed by atoms with Crippen molar-refractivity contribution in [3.63, 3.8) is 0 Å². The van der Waals surface area contributed by atoms with Crippen molar-refractivity contribution >= 4 is 5.69 Å². The van der Waals surface area contributed by atoms with Gasteiger partial charge in [0.25, 0.3) is 0 Å². The SMILES string of the molecule is [2H]C([2H])([2H])Nc1ccccc1CO. The average Bonchev–Trinajstić information content (AvgIpc) is 2.02. The van der Waals surface area contributed by atoms with Crippen LogP contribution >= 0.6 is 0 Å². The Morgan fingerprint density at radius 2 is 2.40 bits per heavy atom. The zero-order valence-electron chi connectivity index (χ0n) is 8.46. The van der Waals surface area contributed by atoms with Gasteiger partial charge in [0.1, 0.15) is 0 Å². The van der Waals surface area contributed by atoms with Crippen LogP contribution in [0, 0.1) is 0 Å². The first-order valence-electron chi connectivity index (χ1n) is 4.50. The normalized spacial score (nSPS) is 15.1. The number of para-hydroxylation sites is 1. The summed E-state index contributed by atoms with van der Waals surface area (Å²) in [7, 11) is 0. The molecule has 0 bridgehead atoms. The first-order chi connectivity index (χ1) is 6.03. The molecule has 0 aliphatic heterocycles. The van der Waals surface area contributed by atoms with Crippen molar-refractivity contribution in [3.05, 3.63) is 29.8 Å². The first kappa shape index (κ1) is 3.98. The van der Waals surface area contributed by atoms with Crippen LogP contribution in [0.5, 0.6) is 0 Å². The molecule has 0 radical (unpaired) electrons. The molecule has 10 heavy (non-hydrogen) atoms. The van der Waals surface area contributed by atoms with Crippen LogP contribution in [0.25, 0.3) is 0 Å². The molecule has 2 N–H and O–H groups in total.